The normalized spacial score (nSPS) is 10.0. The molecule has 6 rings (SSSR count). The summed E-state index contributed by atoms with van der Waals surface area (Å²) in [6.45, 7) is 2.98. The maximum absolute atomic E-state index is 13.6. The van der Waals surface area contributed by atoms with Gasteiger partial charge in [-0.05, 0) is 87.3 Å². The molecule has 0 radical (unpaired) electrons. The van der Waals surface area contributed by atoms with Gasteiger partial charge in [-0.25, -0.2) is 8.78 Å². The molecule has 4 aromatic carbocycles. The molecule has 0 unspecified atom stereocenters. The quantitative estimate of drug-likeness (QED) is 0.129. The van der Waals surface area contributed by atoms with Crippen LogP contribution in [0.5, 0.6) is 0 Å². The Kier molecular flexibility index (Phi) is 21.1. The molecule has 0 aliphatic heterocycles. The van der Waals surface area contributed by atoms with Crippen molar-refractivity contribution >= 4 is 75.4 Å². The van der Waals surface area contributed by atoms with Gasteiger partial charge in [-0.2, -0.15) is 0 Å². The third-order valence-electron chi connectivity index (χ3n) is 7.17. The second-order valence-corrected chi connectivity index (χ2v) is 12.6. The lowest BCUT2D eigenvalue weighted by molar-refractivity contribution is -0.109. The highest BCUT2D eigenvalue weighted by Crippen LogP contribution is 2.32. The van der Waals surface area contributed by atoms with Gasteiger partial charge in [-0.1, -0.05) is 56.0 Å². The summed E-state index contributed by atoms with van der Waals surface area (Å²) in [6, 6.07) is 24.1. The van der Waals surface area contributed by atoms with E-state index in [9.17, 15) is 23.2 Å². The maximum atomic E-state index is 13.6. The molecule has 2 heterocycles. The van der Waals surface area contributed by atoms with Crippen LogP contribution in [-0.4, -0.2) is 67.3 Å². The van der Waals surface area contributed by atoms with E-state index in [1.807, 2.05) is 76.7 Å². The average molecular weight is 824 g/mol. The number of carbonyl (C=O) groups is 3. The van der Waals surface area contributed by atoms with E-state index >= 15 is 0 Å². The van der Waals surface area contributed by atoms with E-state index in [0.29, 0.717) is 33.5 Å². The van der Waals surface area contributed by atoms with Crippen molar-refractivity contribution in [1.29, 1.82) is 0 Å². The van der Waals surface area contributed by atoms with Crippen LogP contribution in [-0.2, 0) is 17.9 Å². The molecule has 0 saturated carbocycles. The second kappa shape index (κ2) is 23.2. The Morgan fingerprint density at radius 1 is 0.636 bits per heavy atom. The topological polar surface area (TPSA) is 156 Å². The van der Waals surface area contributed by atoms with Crippen LogP contribution in [0.25, 0.3) is 44.6 Å². The number of halogens is 5. The number of aliphatic hydroxyl groups excluding tert-OH is 1. The summed E-state index contributed by atoms with van der Waals surface area (Å²) in [5, 5.41) is 7.68. The Balaban J connectivity index is 0.000000886. The Morgan fingerprint density at radius 2 is 0.927 bits per heavy atom. The number of benzene rings is 4. The first-order chi connectivity index (χ1) is 24.6. The molecule has 0 aliphatic carbocycles. The lowest BCUT2D eigenvalue weighted by atomic mass is 10.1. The van der Waals surface area contributed by atoms with Crippen molar-refractivity contribution in [3.63, 3.8) is 0 Å². The van der Waals surface area contributed by atoms with E-state index in [4.69, 9.17) is 25.4 Å². The largest absolute Gasteiger partial charge is 0.455 e. The predicted molar refractivity (Wildman–Crippen MR) is 221 cm³/mol. The van der Waals surface area contributed by atoms with Crippen molar-refractivity contribution < 1.29 is 37.1 Å². The van der Waals surface area contributed by atoms with Gasteiger partial charge in [0.25, 0.3) is 11.8 Å². The zero-order chi connectivity index (χ0) is 38.7. The third kappa shape index (κ3) is 14.4. The fourth-order valence-corrected chi connectivity index (χ4v) is 5.16. The van der Waals surface area contributed by atoms with Gasteiger partial charge in [0.2, 0.25) is 5.24 Å². The third-order valence-corrected chi connectivity index (χ3v) is 7.17. The van der Waals surface area contributed by atoms with Crippen molar-refractivity contribution in [3.8, 4) is 22.6 Å². The SMILES string of the molecule is C.CC(=O)Cl.CN(C)Cc1ccc(-c2cc3cc(F)cc(C(N)=O)c3o2)cc1.CN(C)Cc1ccc(-c2cc3cc(F)cc(C(N)=O)c3o2)cc1.CO.Cl.Cl. The first-order valence-electron chi connectivity index (χ1n) is 15.8. The molecule has 6 aromatic rings. The van der Waals surface area contributed by atoms with Gasteiger partial charge in [-0.15, -0.1) is 24.8 Å². The number of hydrogen-bond donors (Lipinski definition) is 3. The van der Waals surface area contributed by atoms with Crippen LogP contribution < -0.4 is 11.5 Å². The minimum Gasteiger partial charge on any atom is -0.455 e. The Bertz CT molecular complexity index is 2000. The van der Waals surface area contributed by atoms with E-state index in [1.54, 1.807) is 12.1 Å². The molecule has 15 heteroatoms. The fraction of sp³-hybridized carbons (Fsp3) is 0.225. The summed E-state index contributed by atoms with van der Waals surface area (Å²) in [5.41, 5.74) is 15.4. The van der Waals surface area contributed by atoms with Gasteiger partial charge >= 0.3 is 0 Å². The highest BCUT2D eigenvalue weighted by atomic mass is 35.5. The zero-order valence-corrected chi connectivity index (χ0v) is 32.9. The molecule has 0 spiro atoms. The number of nitrogens with zero attached hydrogens (tertiary/aromatic N) is 2. The summed E-state index contributed by atoms with van der Waals surface area (Å²) in [6.07, 6.45) is 0. The molecule has 0 saturated heterocycles. The number of primary amides is 2. The van der Waals surface area contributed by atoms with E-state index in [1.165, 1.54) is 30.2 Å². The summed E-state index contributed by atoms with van der Waals surface area (Å²) < 4.78 is 38.7. The summed E-state index contributed by atoms with van der Waals surface area (Å²) in [7, 11) is 9.03. The monoisotopic (exact) mass is 822 g/mol. The molecule has 55 heavy (non-hydrogen) atoms. The van der Waals surface area contributed by atoms with Crippen molar-refractivity contribution in [2.75, 3.05) is 35.3 Å². The van der Waals surface area contributed by atoms with Crippen molar-refractivity contribution in [1.82, 2.24) is 9.80 Å². The van der Waals surface area contributed by atoms with Gasteiger partial charge in [0.15, 0.2) is 0 Å². The molecule has 0 fully saturated rings. The van der Waals surface area contributed by atoms with Crippen molar-refractivity contribution in [2.45, 2.75) is 27.4 Å². The highest BCUT2D eigenvalue weighted by Gasteiger charge is 2.17. The molecule has 0 bridgehead atoms. The molecular weight excluding hydrogens is 777 g/mol. The first-order valence-corrected chi connectivity index (χ1v) is 16.1. The van der Waals surface area contributed by atoms with Gasteiger partial charge < -0.3 is 35.2 Å². The van der Waals surface area contributed by atoms with E-state index in [-0.39, 0.29) is 48.6 Å². The van der Waals surface area contributed by atoms with Crippen molar-refractivity contribution in [2.24, 2.45) is 11.5 Å². The number of aliphatic hydroxyl groups is 1. The van der Waals surface area contributed by atoms with Crippen LogP contribution in [0, 0.1) is 11.6 Å². The van der Waals surface area contributed by atoms with Crippen LogP contribution in [0.2, 0.25) is 0 Å². The minimum absolute atomic E-state index is 0. The fourth-order valence-electron chi connectivity index (χ4n) is 5.16. The number of rotatable bonds is 8. The Labute approximate surface area is 336 Å². The van der Waals surface area contributed by atoms with Gasteiger partial charge in [-0.3, -0.25) is 14.4 Å². The van der Waals surface area contributed by atoms with E-state index in [2.05, 4.69) is 21.4 Å². The van der Waals surface area contributed by atoms with Gasteiger partial charge in [0.1, 0.15) is 34.3 Å². The summed E-state index contributed by atoms with van der Waals surface area (Å²) >= 11 is 4.64. The van der Waals surface area contributed by atoms with Crippen LogP contribution in [0.1, 0.15) is 46.2 Å². The average Bonchev–Trinajstić information content (AvgIpc) is 3.69. The van der Waals surface area contributed by atoms with E-state index in [0.717, 1.165) is 43.5 Å². The van der Waals surface area contributed by atoms with Crippen LogP contribution >= 0.6 is 36.4 Å². The standard InChI is InChI=1S/2C18H17FN2O2.C2H3ClO.CH4O.CH4.2ClH/c2*1-21(2)10-11-3-5-12(6-4-11)16-8-13-7-14(19)9-15(18(20)22)17(13)23-16;1-2(3)4;1-2;;;/h2*3-9H,10H2,1-2H3,(H2,20,22);1H3;2H,1H3;1H4;2*1H. The second-order valence-electron chi connectivity index (χ2n) is 12.0. The molecular formula is C40H47Cl3F2N4O6. The smallest absolute Gasteiger partial charge is 0.252 e. The summed E-state index contributed by atoms with van der Waals surface area (Å²) in [4.78, 5) is 36.3. The summed E-state index contributed by atoms with van der Waals surface area (Å²) in [5.74, 6) is -1.30. The number of amides is 2. The molecule has 5 N–H and O–H groups in total. The Hall–Kier alpha value is -4.82. The number of carbonyl (C=O) groups excluding carboxylic acids is 3. The molecule has 2 aromatic heterocycles. The molecule has 10 nitrogen and oxygen atoms in total. The number of furan rings is 2. The number of nitrogens with two attached hydrogens (primary N) is 2. The van der Waals surface area contributed by atoms with Crippen molar-refractivity contribution in [3.05, 3.63) is 119 Å². The zero-order valence-electron chi connectivity index (χ0n) is 30.5. The molecule has 0 aliphatic rings. The molecule has 0 atom stereocenters. The number of hydrogen-bond acceptors (Lipinski definition) is 8. The van der Waals surface area contributed by atoms with Crippen LogP contribution in [0.15, 0.2) is 93.8 Å². The maximum Gasteiger partial charge on any atom is 0.252 e. The first kappa shape index (κ1) is 50.2. The highest BCUT2D eigenvalue weighted by molar-refractivity contribution is 6.62. The minimum atomic E-state index is -0.711. The van der Waals surface area contributed by atoms with Gasteiger partial charge in [0.05, 0.1) is 11.1 Å². The Morgan fingerprint density at radius 3 is 1.18 bits per heavy atom. The van der Waals surface area contributed by atoms with Gasteiger partial charge in [0, 0.05) is 49.0 Å². The molecule has 2 amide bonds. The van der Waals surface area contributed by atoms with Crippen LogP contribution in [0.4, 0.5) is 8.78 Å². The lowest BCUT2D eigenvalue weighted by Crippen LogP contribution is -2.11. The van der Waals surface area contributed by atoms with E-state index < -0.39 is 23.4 Å². The lowest BCUT2D eigenvalue weighted by Gasteiger charge is -2.09. The van der Waals surface area contributed by atoms with Crippen LogP contribution in [0.3, 0.4) is 0 Å². The predicted octanol–water partition coefficient (Wildman–Crippen LogP) is 8.66. The number of fused-ring (bicyclic) bond motifs is 2. The molecule has 298 valence electrons.